The van der Waals surface area contributed by atoms with E-state index in [2.05, 4.69) is 5.32 Å². The molecule has 0 atom stereocenters. The molecule has 1 aromatic rings. The third-order valence-corrected chi connectivity index (χ3v) is 4.15. The first-order chi connectivity index (χ1) is 9.65. The number of hydrogen-bond acceptors (Lipinski definition) is 3. The second kappa shape index (κ2) is 6.86. The van der Waals surface area contributed by atoms with Gasteiger partial charge in [0, 0.05) is 20.2 Å². The molecule has 0 bridgehead atoms. The highest BCUT2D eigenvalue weighted by atomic mass is 16.5. The second-order valence-electron chi connectivity index (χ2n) is 5.56. The summed E-state index contributed by atoms with van der Waals surface area (Å²) in [7, 11) is 1.79. The van der Waals surface area contributed by atoms with E-state index >= 15 is 0 Å². The van der Waals surface area contributed by atoms with Gasteiger partial charge in [-0.25, -0.2) is 4.79 Å². The molecular weight excluding hydrogens is 254 g/mol. The first-order valence-corrected chi connectivity index (χ1v) is 7.23. The van der Waals surface area contributed by atoms with Crippen LogP contribution in [0.1, 0.15) is 48.0 Å². The van der Waals surface area contributed by atoms with Crippen LogP contribution in [0.15, 0.2) is 24.3 Å². The molecule has 2 rings (SSSR count). The maximum Gasteiger partial charge on any atom is 0.335 e. The van der Waals surface area contributed by atoms with Crippen molar-refractivity contribution >= 4 is 5.97 Å². The fraction of sp³-hybridized carbons (Fsp3) is 0.562. The smallest absolute Gasteiger partial charge is 0.335 e. The van der Waals surface area contributed by atoms with Crippen molar-refractivity contribution < 1.29 is 14.6 Å². The average Bonchev–Trinajstić information content (AvgIpc) is 2.48. The number of rotatable bonds is 6. The van der Waals surface area contributed by atoms with E-state index in [1.807, 2.05) is 6.07 Å². The number of ether oxygens (including phenoxy) is 1. The quantitative estimate of drug-likeness (QED) is 0.839. The van der Waals surface area contributed by atoms with Crippen molar-refractivity contribution in [2.75, 3.05) is 13.7 Å². The van der Waals surface area contributed by atoms with Crippen molar-refractivity contribution in [1.82, 2.24) is 5.32 Å². The molecule has 0 radical (unpaired) electrons. The Kier molecular flexibility index (Phi) is 5.15. The molecule has 0 spiro atoms. The summed E-state index contributed by atoms with van der Waals surface area (Å²) >= 11 is 0. The Hall–Kier alpha value is -1.39. The molecule has 0 aliphatic heterocycles. The molecule has 0 saturated heterocycles. The van der Waals surface area contributed by atoms with Crippen LogP contribution < -0.4 is 5.32 Å². The number of methoxy groups -OCH3 is 1. The van der Waals surface area contributed by atoms with Crippen molar-refractivity contribution in [3.63, 3.8) is 0 Å². The normalized spacial score (nSPS) is 17.9. The number of carboxylic acid groups (broad SMARTS) is 1. The lowest BCUT2D eigenvalue weighted by Gasteiger charge is -2.36. The Bertz CT molecular complexity index is 453. The van der Waals surface area contributed by atoms with Crippen LogP contribution in [0.25, 0.3) is 0 Å². The van der Waals surface area contributed by atoms with Crippen LogP contribution in [0.2, 0.25) is 0 Å². The lowest BCUT2D eigenvalue weighted by Crippen LogP contribution is -2.43. The zero-order chi connectivity index (χ0) is 14.4. The Morgan fingerprint density at radius 1 is 1.35 bits per heavy atom. The summed E-state index contributed by atoms with van der Waals surface area (Å²) < 4.78 is 5.72. The molecule has 1 fully saturated rings. The van der Waals surface area contributed by atoms with Gasteiger partial charge in [-0.15, -0.1) is 0 Å². The maximum absolute atomic E-state index is 10.9. The predicted molar refractivity (Wildman–Crippen MR) is 77.9 cm³/mol. The van der Waals surface area contributed by atoms with Crippen LogP contribution in [0.4, 0.5) is 0 Å². The minimum atomic E-state index is -0.882. The molecule has 0 aromatic heterocycles. The molecule has 4 heteroatoms. The lowest BCUT2D eigenvalue weighted by atomic mass is 9.84. The average molecular weight is 277 g/mol. The molecular formula is C16H23NO3. The van der Waals surface area contributed by atoms with Crippen LogP contribution in [0.3, 0.4) is 0 Å². The number of aromatic carboxylic acids is 1. The number of benzene rings is 1. The van der Waals surface area contributed by atoms with E-state index in [4.69, 9.17) is 9.84 Å². The Morgan fingerprint density at radius 2 is 2.10 bits per heavy atom. The minimum absolute atomic E-state index is 0.0390. The lowest BCUT2D eigenvalue weighted by molar-refractivity contribution is -0.0377. The van der Waals surface area contributed by atoms with Gasteiger partial charge in [0.2, 0.25) is 0 Å². The molecule has 1 aliphatic carbocycles. The van der Waals surface area contributed by atoms with Gasteiger partial charge in [-0.05, 0) is 30.5 Å². The summed E-state index contributed by atoms with van der Waals surface area (Å²) in [6.07, 6.45) is 5.96. The minimum Gasteiger partial charge on any atom is -0.478 e. The first kappa shape index (κ1) is 15.0. The molecule has 2 N–H and O–H groups in total. The van der Waals surface area contributed by atoms with E-state index in [0.717, 1.165) is 24.9 Å². The zero-order valence-electron chi connectivity index (χ0n) is 12.0. The number of carboxylic acids is 1. The van der Waals surface area contributed by atoms with Crippen LogP contribution >= 0.6 is 0 Å². The Labute approximate surface area is 120 Å². The van der Waals surface area contributed by atoms with Crippen LogP contribution in [-0.4, -0.2) is 30.3 Å². The maximum atomic E-state index is 10.9. The molecule has 0 heterocycles. The van der Waals surface area contributed by atoms with Gasteiger partial charge in [-0.3, -0.25) is 0 Å². The third kappa shape index (κ3) is 3.81. The monoisotopic (exact) mass is 277 g/mol. The van der Waals surface area contributed by atoms with Crippen molar-refractivity contribution in [2.24, 2.45) is 0 Å². The van der Waals surface area contributed by atoms with Crippen molar-refractivity contribution in [3.05, 3.63) is 35.4 Å². The SMILES string of the molecule is COC1(CNCc2cccc(C(=O)O)c2)CCCCC1. The number of hydrogen-bond donors (Lipinski definition) is 2. The van der Waals surface area contributed by atoms with Gasteiger partial charge in [0.25, 0.3) is 0 Å². The zero-order valence-corrected chi connectivity index (χ0v) is 12.0. The van der Waals surface area contributed by atoms with Gasteiger partial charge >= 0.3 is 5.97 Å². The van der Waals surface area contributed by atoms with E-state index < -0.39 is 5.97 Å². The van der Waals surface area contributed by atoms with Crippen LogP contribution in [0, 0.1) is 0 Å². The molecule has 20 heavy (non-hydrogen) atoms. The van der Waals surface area contributed by atoms with E-state index in [-0.39, 0.29) is 5.60 Å². The molecule has 4 nitrogen and oxygen atoms in total. The van der Waals surface area contributed by atoms with Gasteiger partial charge in [-0.2, -0.15) is 0 Å². The molecule has 1 aliphatic rings. The van der Waals surface area contributed by atoms with Gasteiger partial charge in [0.05, 0.1) is 11.2 Å². The number of nitrogens with one attached hydrogen (secondary N) is 1. The first-order valence-electron chi connectivity index (χ1n) is 7.23. The summed E-state index contributed by atoms with van der Waals surface area (Å²) in [5.41, 5.74) is 1.29. The fourth-order valence-electron chi connectivity index (χ4n) is 2.90. The summed E-state index contributed by atoms with van der Waals surface area (Å²) in [6.45, 7) is 1.49. The van der Waals surface area contributed by atoms with E-state index in [1.54, 1.807) is 25.3 Å². The number of carbonyl (C=O) groups is 1. The molecule has 110 valence electrons. The Morgan fingerprint density at radius 3 is 2.75 bits per heavy atom. The van der Waals surface area contributed by atoms with Crippen molar-refractivity contribution in [2.45, 2.75) is 44.2 Å². The molecule has 0 unspecified atom stereocenters. The largest absolute Gasteiger partial charge is 0.478 e. The topological polar surface area (TPSA) is 58.6 Å². The summed E-state index contributed by atoms with van der Waals surface area (Å²) in [4.78, 5) is 10.9. The molecule has 1 aromatic carbocycles. The van der Waals surface area contributed by atoms with Crippen LogP contribution in [-0.2, 0) is 11.3 Å². The molecule has 0 amide bonds. The second-order valence-corrected chi connectivity index (χ2v) is 5.56. The Balaban J connectivity index is 1.88. The highest BCUT2D eigenvalue weighted by Gasteiger charge is 2.31. The third-order valence-electron chi connectivity index (χ3n) is 4.15. The summed E-state index contributed by atoms with van der Waals surface area (Å²) in [5, 5.41) is 12.4. The van der Waals surface area contributed by atoms with Crippen LogP contribution in [0.5, 0.6) is 0 Å². The van der Waals surface area contributed by atoms with Gasteiger partial charge in [0.15, 0.2) is 0 Å². The standard InChI is InChI=1S/C16H23NO3/c1-20-16(8-3-2-4-9-16)12-17-11-13-6-5-7-14(10-13)15(18)19/h5-7,10,17H,2-4,8-9,11-12H2,1H3,(H,18,19). The van der Waals surface area contributed by atoms with Gasteiger partial charge in [-0.1, -0.05) is 31.4 Å². The van der Waals surface area contributed by atoms with Crippen molar-refractivity contribution in [1.29, 1.82) is 0 Å². The summed E-state index contributed by atoms with van der Waals surface area (Å²) in [6, 6.07) is 7.06. The van der Waals surface area contributed by atoms with E-state index in [0.29, 0.717) is 12.1 Å². The molecule has 1 saturated carbocycles. The van der Waals surface area contributed by atoms with Gasteiger partial charge < -0.3 is 15.2 Å². The fourth-order valence-corrected chi connectivity index (χ4v) is 2.90. The van der Waals surface area contributed by atoms with Gasteiger partial charge in [0.1, 0.15) is 0 Å². The highest BCUT2D eigenvalue weighted by molar-refractivity contribution is 5.87. The predicted octanol–water partition coefficient (Wildman–Crippen LogP) is 2.82. The summed E-state index contributed by atoms with van der Waals surface area (Å²) in [5.74, 6) is -0.882. The van der Waals surface area contributed by atoms with Crippen molar-refractivity contribution in [3.8, 4) is 0 Å². The van der Waals surface area contributed by atoms with E-state index in [9.17, 15) is 4.79 Å². The highest BCUT2D eigenvalue weighted by Crippen LogP contribution is 2.30. The van der Waals surface area contributed by atoms with E-state index in [1.165, 1.54) is 19.3 Å².